The van der Waals surface area contributed by atoms with E-state index < -0.39 is 15.8 Å². The van der Waals surface area contributed by atoms with Crippen LogP contribution in [0.4, 0.5) is 4.79 Å². The van der Waals surface area contributed by atoms with Crippen LogP contribution >= 0.6 is 0 Å². The number of carbonyl (C=O) groups excluding carboxylic acids is 1. The molecule has 1 aliphatic rings. The summed E-state index contributed by atoms with van der Waals surface area (Å²) in [6, 6.07) is -0.280. The number of aliphatic carboxylic acids is 1. The molecule has 0 aromatic rings. The van der Waals surface area contributed by atoms with Crippen molar-refractivity contribution in [1.82, 2.24) is 10.2 Å². The zero-order valence-corrected chi connectivity index (χ0v) is 11.8. The van der Waals surface area contributed by atoms with Crippen LogP contribution in [0.15, 0.2) is 0 Å². The molecule has 7 nitrogen and oxygen atoms in total. The van der Waals surface area contributed by atoms with Crippen molar-refractivity contribution >= 4 is 21.8 Å². The van der Waals surface area contributed by atoms with E-state index in [-0.39, 0.29) is 43.1 Å². The molecular weight excluding hydrogens is 272 g/mol. The Kier molecular flexibility index (Phi) is 5.59. The highest BCUT2D eigenvalue weighted by Crippen LogP contribution is 2.26. The Labute approximate surface area is 112 Å². The molecule has 0 atom stereocenters. The van der Waals surface area contributed by atoms with Crippen molar-refractivity contribution in [3.05, 3.63) is 0 Å². The van der Waals surface area contributed by atoms with Gasteiger partial charge in [0, 0.05) is 24.9 Å². The molecule has 0 aromatic heterocycles. The van der Waals surface area contributed by atoms with Gasteiger partial charge in [-0.25, -0.2) is 13.2 Å². The minimum absolute atomic E-state index is 0.0498. The van der Waals surface area contributed by atoms with Crippen molar-refractivity contribution in [3.8, 4) is 0 Å². The molecule has 0 saturated heterocycles. The van der Waals surface area contributed by atoms with Gasteiger partial charge in [-0.2, -0.15) is 0 Å². The molecule has 19 heavy (non-hydrogen) atoms. The maximum absolute atomic E-state index is 11.8. The molecule has 0 bridgehead atoms. The second kappa shape index (κ2) is 6.74. The predicted molar refractivity (Wildman–Crippen MR) is 69.7 cm³/mol. The predicted octanol–water partition coefficient (Wildman–Crippen LogP) is 0.0698. The van der Waals surface area contributed by atoms with Crippen molar-refractivity contribution in [3.63, 3.8) is 0 Å². The highest BCUT2D eigenvalue weighted by molar-refractivity contribution is 7.91. The van der Waals surface area contributed by atoms with Gasteiger partial charge in [0.2, 0.25) is 0 Å². The summed E-state index contributed by atoms with van der Waals surface area (Å²) in [4.78, 5) is 23.8. The number of sulfone groups is 1. The molecule has 1 saturated carbocycles. The second-order valence-corrected chi connectivity index (χ2v) is 7.01. The number of carboxylic acid groups (broad SMARTS) is 1. The normalized spacial score (nSPS) is 15.0. The van der Waals surface area contributed by atoms with Crippen LogP contribution in [0.3, 0.4) is 0 Å². The van der Waals surface area contributed by atoms with Crippen LogP contribution in [0.2, 0.25) is 0 Å². The fourth-order valence-corrected chi connectivity index (χ4v) is 2.31. The quantitative estimate of drug-likeness (QED) is 0.659. The summed E-state index contributed by atoms with van der Waals surface area (Å²) in [6.45, 7) is 1.78. The number of amides is 2. The maximum atomic E-state index is 11.8. The monoisotopic (exact) mass is 292 g/mol. The van der Waals surface area contributed by atoms with Crippen LogP contribution in [-0.2, 0) is 14.6 Å². The molecule has 1 fully saturated rings. The van der Waals surface area contributed by atoms with E-state index in [0.29, 0.717) is 0 Å². The van der Waals surface area contributed by atoms with Gasteiger partial charge < -0.3 is 15.3 Å². The van der Waals surface area contributed by atoms with Crippen molar-refractivity contribution in [1.29, 1.82) is 0 Å². The van der Waals surface area contributed by atoms with Gasteiger partial charge in [0.1, 0.15) is 0 Å². The first-order valence-corrected chi connectivity index (χ1v) is 8.14. The Morgan fingerprint density at radius 2 is 2.00 bits per heavy atom. The van der Waals surface area contributed by atoms with Gasteiger partial charge in [0.25, 0.3) is 0 Å². The molecule has 0 aromatic carbocycles. The van der Waals surface area contributed by atoms with Gasteiger partial charge in [-0.05, 0) is 12.8 Å². The van der Waals surface area contributed by atoms with E-state index in [9.17, 15) is 18.0 Å². The van der Waals surface area contributed by atoms with Crippen LogP contribution in [0.25, 0.3) is 0 Å². The lowest BCUT2D eigenvalue weighted by molar-refractivity contribution is -0.137. The topological polar surface area (TPSA) is 104 Å². The molecule has 0 aliphatic heterocycles. The molecule has 1 aliphatic carbocycles. The van der Waals surface area contributed by atoms with Gasteiger partial charge in [0.05, 0.1) is 12.2 Å². The van der Waals surface area contributed by atoms with Crippen LogP contribution in [-0.4, -0.2) is 61.1 Å². The summed E-state index contributed by atoms with van der Waals surface area (Å²) in [6.07, 6.45) is 1.65. The first kappa shape index (κ1) is 15.7. The maximum Gasteiger partial charge on any atom is 0.317 e. The van der Waals surface area contributed by atoms with Gasteiger partial charge >= 0.3 is 12.0 Å². The number of hydrogen-bond acceptors (Lipinski definition) is 4. The highest BCUT2D eigenvalue weighted by Gasteiger charge is 2.32. The Bertz CT molecular complexity index is 430. The number of hydrogen-bond donors (Lipinski definition) is 2. The Morgan fingerprint density at radius 3 is 2.47 bits per heavy atom. The summed E-state index contributed by atoms with van der Waals surface area (Å²) < 4.78 is 22.5. The lowest BCUT2D eigenvalue weighted by atomic mass is 10.4. The van der Waals surface area contributed by atoms with E-state index in [0.717, 1.165) is 12.8 Å². The Hall–Kier alpha value is -1.31. The van der Waals surface area contributed by atoms with Crippen LogP contribution < -0.4 is 5.32 Å². The number of urea groups is 1. The van der Waals surface area contributed by atoms with Gasteiger partial charge in [-0.15, -0.1) is 0 Å². The molecule has 110 valence electrons. The number of carboxylic acids is 1. The lowest BCUT2D eigenvalue weighted by Crippen LogP contribution is -2.43. The summed E-state index contributed by atoms with van der Waals surface area (Å²) >= 11 is 0. The van der Waals surface area contributed by atoms with Crippen molar-refractivity contribution in [2.45, 2.75) is 32.2 Å². The number of carbonyl (C=O) groups is 2. The van der Waals surface area contributed by atoms with E-state index >= 15 is 0 Å². The molecule has 1 rings (SSSR count). The fraction of sp³-hybridized carbons (Fsp3) is 0.818. The van der Waals surface area contributed by atoms with Crippen LogP contribution in [0.1, 0.15) is 26.2 Å². The molecule has 0 radical (unpaired) electrons. The number of nitrogens with zero attached hydrogens (tertiary/aromatic N) is 1. The van der Waals surface area contributed by atoms with Gasteiger partial charge in [-0.1, -0.05) is 6.92 Å². The molecule has 8 heteroatoms. The van der Waals surface area contributed by atoms with Gasteiger partial charge in [0.15, 0.2) is 9.84 Å². The smallest absolute Gasteiger partial charge is 0.317 e. The Morgan fingerprint density at radius 1 is 1.37 bits per heavy atom. The fourth-order valence-electron chi connectivity index (χ4n) is 1.61. The van der Waals surface area contributed by atoms with Gasteiger partial charge in [-0.3, -0.25) is 4.79 Å². The number of nitrogens with one attached hydrogen (secondary N) is 1. The van der Waals surface area contributed by atoms with Crippen LogP contribution in [0.5, 0.6) is 0 Å². The van der Waals surface area contributed by atoms with Crippen molar-refractivity contribution in [2.24, 2.45) is 0 Å². The third-order valence-corrected chi connectivity index (χ3v) is 4.65. The molecule has 0 unspecified atom stereocenters. The zero-order valence-electron chi connectivity index (χ0n) is 11.0. The first-order chi connectivity index (χ1) is 8.85. The minimum atomic E-state index is -3.10. The third kappa shape index (κ3) is 5.91. The van der Waals surface area contributed by atoms with Crippen LogP contribution in [0, 0.1) is 0 Å². The first-order valence-electron chi connectivity index (χ1n) is 6.32. The van der Waals surface area contributed by atoms with E-state index in [1.54, 1.807) is 6.92 Å². The van der Waals surface area contributed by atoms with E-state index in [2.05, 4.69) is 5.32 Å². The summed E-state index contributed by atoms with van der Waals surface area (Å²) in [7, 11) is -3.10. The number of rotatable bonds is 8. The molecule has 2 amide bonds. The lowest BCUT2D eigenvalue weighted by Gasteiger charge is -2.22. The van der Waals surface area contributed by atoms with E-state index in [1.807, 2.05) is 0 Å². The average Bonchev–Trinajstić information content (AvgIpc) is 3.13. The van der Waals surface area contributed by atoms with E-state index in [1.165, 1.54) is 4.90 Å². The summed E-state index contributed by atoms with van der Waals surface area (Å²) in [5.41, 5.74) is 0. The summed E-state index contributed by atoms with van der Waals surface area (Å²) in [5, 5.41) is 11.2. The molecule has 0 spiro atoms. The molecule has 0 heterocycles. The SMILES string of the molecule is CCS(=O)(=O)CCNC(=O)N(CCC(=O)O)C1CC1. The third-order valence-electron chi connectivity index (χ3n) is 2.94. The summed E-state index contributed by atoms with van der Waals surface area (Å²) in [5.74, 6) is -0.993. The van der Waals surface area contributed by atoms with Crippen molar-refractivity contribution < 1.29 is 23.1 Å². The molecule has 2 N–H and O–H groups in total. The second-order valence-electron chi connectivity index (χ2n) is 4.54. The molecular formula is C11H20N2O5S. The van der Waals surface area contributed by atoms with E-state index in [4.69, 9.17) is 5.11 Å². The average molecular weight is 292 g/mol. The largest absolute Gasteiger partial charge is 0.481 e. The zero-order chi connectivity index (χ0) is 14.5. The van der Waals surface area contributed by atoms with Crippen molar-refractivity contribution in [2.75, 3.05) is 24.6 Å². The Balaban J connectivity index is 2.38. The standard InChI is InChI=1S/C11H20N2O5S/c1-2-19(17,18)8-6-12-11(16)13(9-3-4-9)7-5-10(14)15/h9H,2-8H2,1H3,(H,12,16)(H,14,15). The highest BCUT2D eigenvalue weighted by atomic mass is 32.2. The minimum Gasteiger partial charge on any atom is -0.481 e.